The number of aromatic amines is 1. The third-order valence-electron chi connectivity index (χ3n) is 6.80. The van der Waals surface area contributed by atoms with E-state index in [2.05, 4.69) is 4.98 Å². The Labute approximate surface area is 189 Å². The first-order valence-electron chi connectivity index (χ1n) is 11.0. The topological polar surface area (TPSA) is 122 Å². The number of benzene rings is 1. The Hall–Kier alpha value is -3.40. The number of carbonyl (C=O) groups is 1. The number of nitrogens with zero attached hydrogens (tertiary/aromatic N) is 4. The van der Waals surface area contributed by atoms with Crippen LogP contribution in [0.3, 0.4) is 0 Å². The van der Waals surface area contributed by atoms with E-state index in [0.717, 1.165) is 16.6 Å². The molecular formula is C23H29N5O5. The van der Waals surface area contributed by atoms with Crippen LogP contribution in [0.1, 0.15) is 36.9 Å². The molecule has 0 unspecified atom stereocenters. The number of likely N-dealkylation sites (tertiary alicyclic amines) is 1. The van der Waals surface area contributed by atoms with Crippen molar-refractivity contribution in [2.75, 3.05) is 13.1 Å². The molecule has 3 aromatic rings. The summed E-state index contributed by atoms with van der Waals surface area (Å²) in [6, 6.07) is 5.06. The van der Waals surface area contributed by atoms with Crippen molar-refractivity contribution in [2.45, 2.75) is 44.8 Å². The number of piperidine rings is 1. The zero-order valence-electron chi connectivity index (χ0n) is 19.3. The predicted molar refractivity (Wildman–Crippen MR) is 123 cm³/mol. The van der Waals surface area contributed by atoms with Crippen LogP contribution in [0.2, 0.25) is 0 Å². The van der Waals surface area contributed by atoms with E-state index in [9.17, 15) is 24.3 Å². The van der Waals surface area contributed by atoms with E-state index in [-0.39, 0.29) is 24.6 Å². The SMILES string of the molecule is Cc1cn([C@@H]2CN(C(=O)CCc3ccc4c(c3)n(C)c(=O)n4C)CC[C@@]2(C)O)c(=O)[nH]c1=O. The van der Waals surface area contributed by atoms with Gasteiger partial charge in [0.05, 0.1) is 22.7 Å². The highest BCUT2D eigenvalue weighted by Crippen LogP contribution is 2.31. The Bertz CT molecular complexity index is 1410. The van der Waals surface area contributed by atoms with Gasteiger partial charge in [0.2, 0.25) is 5.91 Å². The number of nitrogens with one attached hydrogen (secondary N) is 1. The number of aryl methyl sites for hydroxylation is 4. The number of H-pyrrole nitrogens is 1. The zero-order valence-corrected chi connectivity index (χ0v) is 19.3. The maximum absolute atomic E-state index is 13.0. The average Bonchev–Trinajstić information content (AvgIpc) is 2.98. The van der Waals surface area contributed by atoms with Gasteiger partial charge in [-0.05, 0) is 44.4 Å². The molecule has 1 aromatic carbocycles. The summed E-state index contributed by atoms with van der Waals surface area (Å²) in [6.45, 7) is 3.79. The van der Waals surface area contributed by atoms with Crippen LogP contribution in [0.25, 0.3) is 11.0 Å². The molecule has 2 atom stereocenters. The molecule has 0 aliphatic carbocycles. The van der Waals surface area contributed by atoms with Crippen LogP contribution < -0.4 is 16.9 Å². The fourth-order valence-electron chi connectivity index (χ4n) is 4.57. The number of carbonyl (C=O) groups excluding carboxylic acids is 1. The second-order valence-corrected chi connectivity index (χ2v) is 9.17. The van der Waals surface area contributed by atoms with E-state index in [1.54, 1.807) is 42.0 Å². The molecule has 33 heavy (non-hydrogen) atoms. The number of aromatic nitrogens is 4. The van der Waals surface area contributed by atoms with E-state index < -0.39 is 22.9 Å². The Morgan fingerprint density at radius 1 is 1.18 bits per heavy atom. The van der Waals surface area contributed by atoms with Gasteiger partial charge in [-0.3, -0.25) is 28.3 Å². The minimum Gasteiger partial charge on any atom is -0.388 e. The lowest BCUT2D eigenvalue weighted by atomic mass is 9.87. The molecule has 3 heterocycles. The second-order valence-electron chi connectivity index (χ2n) is 9.17. The first-order chi connectivity index (χ1) is 15.5. The molecule has 1 saturated heterocycles. The number of amides is 1. The number of hydrogen-bond donors (Lipinski definition) is 2. The Morgan fingerprint density at radius 3 is 2.61 bits per heavy atom. The standard InChI is InChI=1S/C23H29N5O5/c1-14-12-28(21(31)24-20(14)30)18-13-27(10-9-23(18,2)33)19(29)8-6-15-5-7-16-17(11-15)26(4)22(32)25(16)3/h5,7,11-12,18,33H,6,8-10,13H2,1-4H3,(H,24,30,31)/t18-,23-/m1/s1. The fraction of sp³-hybridized carbons (Fsp3) is 0.478. The van der Waals surface area contributed by atoms with Crippen LogP contribution in [0.4, 0.5) is 0 Å². The molecule has 1 amide bonds. The summed E-state index contributed by atoms with van der Waals surface area (Å²) in [5.74, 6) is -0.0771. The Balaban J connectivity index is 1.51. The highest BCUT2D eigenvalue weighted by molar-refractivity contribution is 5.78. The molecule has 0 radical (unpaired) electrons. The second kappa shape index (κ2) is 8.18. The minimum atomic E-state index is -1.20. The molecule has 2 aromatic heterocycles. The molecule has 1 aliphatic rings. The number of rotatable bonds is 4. The Kier molecular flexibility index (Phi) is 5.65. The van der Waals surface area contributed by atoms with Crippen molar-refractivity contribution in [1.29, 1.82) is 0 Å². The summed E-state index contributed by atoms with van der Waals surface area (Å²) >= 11 is 0. The van der Waals surface area contributed by atoms with Gasteiger partial charge >= 0.3 is 11.4 Å². The summed E-state index contributed by atoms with van der Waals surface area (Å²) in [7, 11) is 3.45. The van der Waals surface area contributed by atoms with Crippen molar-refractivity contribution in [3.05, 3.63) is 66.8 Å². The zero-order chi connectivity index (χ0) is 24.1. The van der Waals surface area contributed by atoms with E-state index in [1.807, 2.05) is 18.2 Å². The van der Waals surface area contributed by atoms with Crippen molar-refractivity contribution in [2.24, 2.45) is 14.1 Å². The summed E-state index contributed by atoms with van der Waals surface area (Å²) in [6.07, 6.45) is 2.52. The molecule has 1 aliphatic heterocycles. The smallest absolute Gasteiger partial charge is 0.328 e. The van der Waals surface area contributed by atoms with Gasteiger partial charge in [-0.15, -0.1) is 0 Å². The van der Waals surface area contributed by atoms with Crippen molar-refractivity contribution >= 4 is 16.9 Å². The fourth-order valence-corrected chi connectivity index (χ4v) is 4.57. The van der Waals surface area contributed by atoms with Crippen molar-refractivity contribution in [1.82, 2.24) is 23.6 Å². The van der Waals surface area contributed by atoms with Crippen LogP contribution in [0, 0.1) is 6.92 Å². The van der Waals surface area contributed by atoms with Gasteiger partial charge in [-0.25, -0.2) is 9.59 Å². The summed E-state index contributed by atoms with van der Waals surface area (Å²) in [5.41, 5.74) is 0.588. The number of imidazole rings is 1. The number of fused-ring (bicyclic) bond motifs is 1. The van der Waals surface area contributed by atoms with Crippen LogP contribution in [-0.2, 0) is 25.3 Å². The highest BCUT2D eigenvalue weighted by Gasteiger charge is 2.40. The first-order valence-corrected chi connectivity index (χ1v) is 11.0. The minimum absolute atomic E-state index is 0.0771. The van der Waals surface area contributed by atoms with Gasteiger partial charge in [0, 0.05) is 45.4 Å². The summed E-state index contributed by atoms with van der Waals surface area (Å²) < 4.78 is 4.49. The van der Waals surface area contributed by atoms with Gasteiger partial charge in [0.15, 0.2) is 0 Å². The maximum atomic E-state index is 13.0. The third kappa shape index (κ3) is 4.06. The monoisotopic (exact) mass is 455 g/mol. The molecule has 1 fully saturated rings. The number of aliphatic hydroxyl groups is 1. The number of hydrogen-bond acceptors (Lipinski definition) is 5. The summed E-state index contributed by atoms with van der Waals surface area (Å²) in [4.78, 5) is 53.2. The van der Waals surface area contributed by atoms with Gasteiger partial charge in [0.1, 0.15) is 0 Å². The van der Waals surface area contributed by atoms with Crippen molar-refractivity contribution < 1.29 is 9.90 Å². The Morgan fingerprint density at radius 2 is 1.88 bits per heavy atom. The van der Waals surface area contributed by atoms with E-state index in [0.29, 0.717) is 24.9 Å². The molecule has 4 rings (SSSR count). The van der Waals surface area contributed by atoms with Gasteiger partial charge < -0.3 is 10.0 Å². The molecule has 10 heteroatoms. The average molecular weight is 456 g/mol. The van der Waals surface area contributed by atoms with Crippen LogP contribution in [0.5, 0.6) is 0 Å². The molecule has 0 saturated carbocycles. The lowest BCUT2D eigenvalue weighted by Gasteiger charge is -2.43. The van der Waals surface area contributed by atoms with E-state index >= 15 is 0 Å². The van der Waals surface area contributed by atoms with Crippen LogP contribution >= 0.6 is 0 Å². The van der Waals surface area contributed by atoms with Crippen LogP contribution in [0.15, 0.2) is 38.8 Å². The summed E-state index contributed by atoms with van der Waals surface area (Å²) in [5, 5.41) is 10.9. The molecule has 176 valence electrons. The molecule has 10 nitrogen and oxygen atoms in total. The third-order valence-corrected chi connectivity index (χ3v) is 6.80. The highest BCUT2D eigenvalue weighted by atomic mass is 16.3. The molecule has 0 bridgehead atoms. The molecular weight excluding hydrogens is 426 g/mol. The van der Waals surface area contributed by atoms with Crippen molar-refractivity contribution in [3.8, 4) is 0 Å². The van der Waals surface area contributed by atoms with Gasteiger partial charge in [-0.2, -0.15) is 0 Å². The van der Waals surface area contributed by atoms with E-state index in [4.69, 9.17) is 0 Å². The lowest BCUT2D eigenvalue weighted by Crippen LogP contribution is -2.55. The quantitative estimate of drug-likeness (QED) is 0.582. The largest absolute Gasteiger partial charge is 0.388 e. The first kappa shape index (κ1) is 22.8. The lowest BCUT2D eigenvalue weighted by molar-refractivity contribution is -0.138. The van der Waals surface area contributed by atoms with Crippen molar-refractivity contribution in [3.63, 3.8) is 0 Å². The maximum Gasteiger partial charge on any atom is 0.328 e. The molecule has 2 N–H and O–H groups in total. The van der Waals surface area contributed by atoms with E-state index in [1.165, 1.54) is 10.8 Å². The normalized spacial score (nSPS) is 21.0. The van der Waals surface area contributed by atoms with Gasteiger partial charge in [-0.1, -0.05) is 6.07 Å². The van der Waals surface area contributed by atoms with Gasteiger partial charge in [0.25, 0.3) is 5.56 Å². The predicted octanol–water partition coefficient (Wildman–Crippen LogP) is 0.193. The molecule has 0 spiro atoms. The van der Waals surface area contributed by atoms with Crippen LogP contribution in [-0.4, -0.2) is 53.3 Å².